The molecule has 0 unspecified atom stereocenters. The number of carbonyl (C=O) groups is 1. The zero-order valence-electron chi connectivity index (χ0n) is 16.7. The summed E-state index contributed by atoms with van der Waals surface area (Å²) in [6, 6.07) is 6.19. The molecule has 2 atom stereocenters. The third-order valence-electron chi connectivity index (χ3n) is 6.06. The van der Waals surface area contributed by atoms with E-state index in [4.69, 9.17) is 11.6 Å². The van der Waals surface area contributed by atoms with E-state index < -0.39 is 10.0 Å². The number of likely N-dealkylation sites (tertiary alicyclic amines) is 1. The molecule has 1 heterocycles. The molecule has 3 rings (SSSR count). The maximum Gasteiger partial charge on any atom is 0.240 e. The summed E-state index contributed by atoms with van der Waals surface area (Å²) in [5.74, 6) is 1.84. The number of rotatable bonds is 5. The first kappa shape index (κ1) is 21.6. The van der Waals surface area contributed by atoms with E-state index in [1.807, 2.05) is 0 Å². The molecule has 7 heteroatoms. The Kier molecular flexibility index (Phi) is 7.05. The lowest BCUT2D eigenvalue weighted by Gasteiger charge is -2.38. The lowest BCUT2D eigenvalue weighted by atomic mass is 9.80. The first-order chi connectivity index (χ1) is 13.2. The molecule has 28 heavy (non-hydrogen) atoms. The predicted molar refractivity (Wildman–Crippen MR) is 112 cm³/mol. The third kappa shape index (κ3) is 5.49. The summed E-state index contributed by atoms with van der Waals surface area (Å²) in [6.45, 7) is 6.62. The highest BCUT2D eigenvalue weighted by Gasteiger charge is 2.33. The minimum Gasteiger partial charge on any atom is -0.342 e. The van der Waals surface area contributed by atoms with Crippen molar-refractivity contribution in [1.29, 1.82) is 0 Å². The van der Waals surface area contributed by atoms with Gasteiger partial charge in [0.05, 0.1) is 4.90 Å². The van der Waals surface area contributed by atoms with E-state index in [-0.39, 0.29) is 16.7 Å². The van der Waals surface area contributed by atoms with E-state index in [1.54, 1.807) is 12.1 Å². The summed E-state index contributed by atoms with van der Waals surface area (Å²) in [7, 11) is -3.52. The van der Waals surface area contributed by atoms with Crippen LogP contribution in [0.4, 0.5) is 0 Å². The summed E-state index contributed by atoms with van der Waals surface area (Å²) >= 11 is 5.83. The summed E-state index contributed by atoms with van der Waals surface area (Å²) in [6.07, 6.45) is 4.68. The molecule has 0 aromatic heterocycles. The van der Waals surface area contributed by atoms with Gasteiger partial charge in [0.2, 0.25) is 15.9 Å². The fourth-order valence-corrected chi connectivity index (χ4v) is 5.88. The highest BCUT2D eigenvalue weighted by molar-refractivity contribution is 7.89. The van der Waals surface area contributed by atoms with E-state index in [1.165, 1.54) is 18.6 Å². The molecule has 1 aliphatic carbocycles. The van der Waals surface area contributed by atoms with E-state index in [9.17, 15) is 13.2 Å². The largest absolute Gasteiger partial charge is 0.342 e. The minimum atomic E-state index is -3.52. The average Bonchev–Trinajstić information content (AvgIpc) is 2.66. The summed E-state index contributed by atoms with van der Waals surface area (Å²) in [5, 5.41) is 0.513. The maximum atomic E-state index is 12.9. The van der Waals surface area contributed by atoms with Gasteiger partial charge in [0.25, 0.3) is 0 Å². The van der Waals surface area contributed by atoms with Gasteiger partial charge in [-0.25, -0.2) is 13.1 Å². The SMILES string of the molecule is C[C@@H]1C[C@@H](C)CN(C(=O)C2CCC(CNS(=O)(=O)c3ccc(Cl)cc3)CC2)C1. The molecule has 1 saturated carbocycles. The standard InChI is InChI=1S/C21H31ClN2O3S/c1-15-11-16(2)14-24(13-15)21(25)18-5-3-17(4-6-18)12-23-28(26,27)20-9-7-19(22)8-10-20/h7-10,15-18,23H,3-6,11-14H2,1-2H3/t15-,16-,17?,18?/m1/s1. The van der Waals surface area contributed by atoms with Crippen molar-refractivity contribution >= 4 is 27.5 Å². The fourth-order valence-electron chi connectivity index (χ4n) is 4.64. The van der Waals surface area contributed by atoms with Crippen molar-refractivity contribution in [3.63, 3.8) is 0 Å². The van der Waals surface area contributed by atoms with Crippen molar-refractivity contribution in [3.05, 3.63) is 29.3 Å². The van der Waals surface area contributed by atoms with Gasteiger partial charge in [-0.15, -0.1) is 0 Å². The Bertz CT molecular complexity index is 763. The van der Waals surface area contributed by atoms with Crippen molar-refractivity contribution in [2.24, 2.45) is 23.7 Å². The maximum absolute atomic E-state index is 12.9. The molecule has 5 nitrogen and oxygen atoms in total. The van der Waals surface area contributed by atoms with E-state index >= 15 is 0 Å². The second kappa shape index (κ2) is 9.14. The number of nitrogens with zero attached hydrogens (tertiary/aromatic N) is 1. The Labute approximate surface area is 173 Å². The second-order valence-corrected chi connectivity index (χ2v) is 10.9. The van der Waals surface area contributed by atoms with Crippen LogP contribution in [0.5, 0.6) is 0 Å². The van der Waals surface area contributed by atoms with E-state index in [2.05, 4.69) is 23.5 Å². The smallest absolute Gasteiger partial charge is 0.240 e. The number of benzene rings is 1. The molecule has 1 aliphatic heterocycles. The van der Waals surface area contributed by atoms with Gasteiger partial charge in [-0.2, -0.15) is 0 Å². The normalized spacial score (nSPS) is 28.9. The van der Waals surface area contributed by atoms with Gasteiger partial charge in [-0.1, -0.05) is 25.4 Å². The number of halogens is 1. The molecular formula is C21H31ClN2O3S. The molecule has 1 amide bonds. The molecule has 1 saturated heterocycles. The van der Waals surface area contributed by atoms with Crippen molar-refractivity contribution in [1.82, 2.24) is 9.62 Å². The first-order valence-corrected chi connectivity index (χ1v) is 12.1. The van der Waals surface area contributed by atoms with Gasteiger partial charge in [-0.05, 0) is 74.1 Å². The summed E-state index contributed by atoms with van der Waals surface area (Å²) in [4.78, 5) is 15.2. The average molecular weight is 427 g/mol. The van der Waals surface area contributed by atoms with Gasteiger partial charge in [0.1, 0.15) is 0 Å². The number of carbonyl (C=O) groups excluding carboxylic acids is 1. The van der Waals surface area contributed by atoms with Crippen molar-refractivity contribution in [3.8, 4) is 0 Å². The van der Waals surface area contributed by atoms with Crippen molar-refractivity contribution in [2.45, 2.75) is 50.8 Å². The van der Waals surface area contributed by atoms with Crippen LogP contribution in [0.3, 0.4) is 0 Å². The van der Waals surface area contributed by atoms with Gasteiger partial charge in [-0.3, -0.25) is 4.79 Å². The number of piperidine rings is 1. The Morgan fingerprint density at radius 3 is 2.21 bits per heavy atom. The highest BCUT2D eigenvalue weighted by Crippen LogP contribution is 2.32. The summed E-state index contributed by atoms with van der Waals surface area (Å²) < 4.78 is 27.5. The number of sulfonamides is 1. The van der Waals surface area contributed by atoms with Crippen LogP contribution in [-0.2, 0) is 14.8 Å². The van der Waals surface area contributed by atoms with Crippen LogP contribution in [-0.4, -0.2) is 38.9 Å². The van der Waals surface area contributed by atoms with Gasteiger partial charge in [0.15, 0.2) is 0 Å². The third-order valence-corrected chi connectivity index (χ3v) is 7.75. The lowest BCUT2D eigenvalue weighted by molar-refractivity contribution is -0.139. The minimum absolute atomic E-state index is 0.0987. The number of nitrogens with one attached hydrogen (secondary N) is 1. The zero-order chi connectivity index (χ0) is 20.3. The highest BCUT2D eigenvalue weighted by atomic mass is 35.5. The quantitative estimate of drug-likeness (QED) is 0.775. The van der Waals surface area contributed by atoms with Crippen molar-refractivity contribution < 1.29 is 13.2 Å². The van der Waals surface area contributed by atoms with E-state index in [0.29, 0.717) is 29.3 Å². The van der Waals surface area contributed by atoms with Crippen LogP contribution in [0.2, 0.25) is 5.02 Å². The number of hydrogen-bond acceptors (Lipinski definition) is 3. The van der Waals surface area contributed by atoms with Crippen LogP contribution in [0.1, 0.15) is 46.0 Å². The van der Waals surface area contributed by atoms with Crippen LogP contribution in [0.25, 0.3) is 0 Å². The van der Waals surface area contributed by atoms with Crippen LogP contribution in [0.15, 0.2) is 29.2 Å². The fraction of sp³-hybridized carbons (Fsp3) is 0.667. The topological polar surface area (TPSA) is 66.5 Å². The Morgan fingerprint density at radius 2 is 1.64 bits per heavy atom. The van der Waals surface area contributed by atoms with E-state index in [0.717, 1.165) is 38.8 Å². The van der Waals surface area contributed by atoms with Gasteiger partial charge >= 0.3 is 0 Å². The molecule has 2 fully saturated rings. The van der Waals surface area contributed by atoms with Gasteiger partial charge in [0, 0.05) is 30.6 Å². The Balaban J connectivity index is 1.47. The second-order valence-electron chi connectivity index (χ2n) is 8.71. The predicted octanol–water partition coefficient (Wildman–Crippen LogP) is 3.93. The molecule has 156 valence electrons. The molecular weight excluding hydrogens is 396 g/mol. The molecule has 2 aliphatic rings. The van der Waals surface area contributed by atoms with Crippen LogP contribution >= 0.6 is 11.6 Å². The Morgan fingerprint density at radius 1 is 1.07 bits per heavy atom. The molecule has 0 bridgehead atoms. The number of hydrogen-bond donors (Lipinski definition) is 1. The summed E-state index contributed by atoms with van der Waals surface area (Å²) in [5.41, 5.74) is 0. The molecule has 0 spiro atoms. The van der Waals surface area contributed by atoms with Gasteiger partial charge < -0.3 is 4.90 Å². The van der Waals surface area contributed by atoms with Crippen LogP contribution < -0.4 is 4.72 Å². The molecule has 1 aromatic carbocycles. The lowest BCUT2D eigenvalue weighted by Crippen LogP contribution is -2.46. The first-order valence-electron chi connectivity index (χ1n) is 10.3. The van der Waals surface area contributed by atoms with Crippen molar-refractivity contribution in [2.75, 3.05) is 19.6 Å². The monoisotopic (exact) mass is 426 g/mol. The number of amides is 1. The molecule has 1 aromatic rings. The Hall–Kier alpha value is -1.11. The zero-order valence-corrected chi connectivity index (χ0v) is 18.3. The van der Waals surface area contributed by atoms with Crippen LogP contribution in [0, 0.1) is 23.7 Å². The molecule has 0 radical (unpaired) electrons. The molecule has 1 N–H and O–H groups in total.